The van der Waals surface area contributed by atoms with Crippen LogP contribution in [0.1, 0.15) is 25.0 Å². The average Bonchev–Trinajstić information content (AvgIpc) is 2.37. The van der Waals surface area contributed by atoms with Crippen molar-refractivity contribution in [3.05, 3.63) is 29.1 Å². The summed E-state index contributed by atoms with van der Waals surface area (Å²) in [6.45, 7) is 5.63. The van der Waals surface area contributed by atoms with Gasteiger partial charge in [-0.15, -0.1) is 0 Å². The van der Waals surface area contributed by atoms with Crippen molar-refractivity contribution in [2.75, 3.05) is 13.2 Å². The molecule has 7 heteroatoms. The fraction of sp³-hybridized carbons (Fsp3) is 0.538. The summed E-state index contributed by atoms with van der Waals surface area (Å²) in [5.41, 5.74) is 5.85. The summed E-state index contributed by atoms with van der Waals surface area (Å²) in [6, 6.07) is 2.55. The monoisotopic (exact) mass is 304 g/mol. The van der Waals surface area contributed by atoms with Gasteiger partial charge in [0.05, 0.1) is 17.6 Å². The maximum absolute atomic E-state index is 13.7. The lowest BCUT2D eigenvalue weighted by atomic mass is 10.1. The minimum atomic E-state index is -3.68. The Morgan fingerprint density at radius 1 is 1.40 bits per heavy atom. The molecule has 0 unspecified atom stereocenters. The van der Waals surface area contributed by atoms with Crippen LogP contribution in [0.5, 0.6) is 0 Å². The van der Waals surface area contributed by atoms with Gasteiger partial charge in [-0.25, -0.2) is 17.5 Å². The number of nitrogens with two attached hydrogens (primary N) is 1. The molecule has 5 nitrogen and oxygen atoms in total. The highest BCUT2D eigenvalue weighted by molar-refractivity contribution is 7.89. The van der Waals surface area contributed by atoms with Crippen molar-refractivity contribution in [2.45, 2.75) is 38.3 Å². The molecule has 0 amide bonds. The predicted octanol–water partition coefficient (Wildman–Crippen LogP) is 1.30. The Bertz CT molecular complexity index is 559. The van der Waals surface area contributed by atoms with E-state index < -0.39 is 15.8 Å². The second-order valence-corrected chi connectivity index (χ2v) is 6.50. The van der Waals surface area contributed by atoms with Crippen LogP contribution in [-0.4, -0.2) is 27.7 Å². The van der Waals surface area contributed by atoms with Crippen LogP contribution < -0.4 is 10.5 Å². The summed E-state index contributed by atoms with van der Waals surface area (Å²) < 4.78 is 45.5. The highest BCUT2D eigenvalue weighted by Gasteiger charge is 2.17. The van der Waals surface area contributed by atoms with Crippen molar-refractivity contribution in [3.8, 4) is 0 Å². The topological polar surface area (TPSA) is 81.4 Å². The van der Waals surface area contributed by atoms with Gasteiger partial charge in [-0.05, 0) is 38.5 Å². The van der Waals surface area contributed by atoms with Crippen LogP contribution in [0.3, 0.4) is 0 Å². The number of benzene rings is 1. The molecule has 0 aromatic heterocycles. The molecule has 0 radical (unpaired) electrons. The Morgan fingerprint density at radius 3 is 2.60 bits per heavy atom. The molecule has 0 bridgehead atoms. The third-order valence-corrected chi connectivity index (χ3v) is 4.12. The van der Waals surface area contributed by atoms with E-state index in [4.69, 9.17) is 10.5 Å². The van der Waals surface area contributed by atoms with Crippen LogP contribution in [0.4, 0.5) is 4.39 Å². The Kier molecular flexibility index (Phi) is 6.07. The highest BCUT2D eigenvalue weighted by Crippen LogP contribution is 2.18. The largest absolute Gasteiger partial charge is 0.377 e. The molecule has 0 atom stereocenters. The number of aryl methyl sites for hydroxylation is 1. The van der Waals surface area contributed by atoms with Crippen LogP contribution in [-0.2, 0) is 21.3 Å². The number of halogens is 1. The zero-order valence-corrected chi connectivity index (χ0v) is 12.8. The molecular formula is C13H21FN2O3S. The SMILES string of the molecule is Cc1cc(S(=O)(=O)NCCOC(C)C)cc(CN)c1F. The number of hydrogen-bond acceptors (Lipinski definition) is 4. The third kappa shape index (κ3) is 4.52. The van der Waals surface area contributed by atoms with E-state index in [2.05, 4.69) is 4.72 Å². The van der Waals surface area contributed by atoms with E-state index in [0.29, 0.717) is 0 Å². The van der Waals surface area contributed by atoms with Gasteiger partial charge in [0, 0.05) is 18.7 Å². The molecule has 0 aliphatic heterocycles. The third-order valence-electron chi connectivity index (χ3n) is 2.68. The van der Waals surface area contributed by atoms with Crippen molar-refractivity contribution in [3.63, 3.8) is 0 Å². The standard InChI is InChI=1S/C13H21FN2O3S/c1-9(2)19-5-4-16-20(17,18)12-6-10(3)13(14)11(7-12)8-15/h6-7,9,16H,4-5,8,15H2,1-3H3. The molecule has 0 saturated heterocycles. The molecule has 0 fully saturated rings. The van der Waals surface area contributed by atoms with Gasteiger partial charge in [-0.1, -0.05) is 0 Å². The first-order valence-electron chi connectivity index (χ1n) is 6.38. The lowest BCUT2D eigenvalue weighted by Crippen LogP contribution is -2.28. The minimum Gasteiger partial charge on any atom is -0.377 e. The maximum atomic E-state index is 13.7. The zero-order valence-electron chi connectivity index (χ0n) is 11.9. The van der Waals surface area contributed by atoms with Crippen LogP contribution >= 0.6 is 0 Å². The van der Waals surface area contributed by atoms with E-state index in [1.807, 2.05) is 13.8 Å². The molecule has 0 spiro atoms. The van der Waals surface area contributed by atoms with Gasteiger partial charge in [-0.2, -0.15) is 0 Å². The molecule has 3 N–H and O–H groups in total. The van der Waals surface area contributed by atoms with Gasteiger partial charge in [0.15, 0.2) is 0 Å². The minimum absolute atomic E-state index is 0.0152. The van der Waals surface area contributed by atoms with E-state index >= 15 is 0 Å². The summed E-state index contributed by atoms with van der Waals surface area (Å²) in [5.74, 6) is -0.463. The molecule has 1 aromatic rings. The van der Waals surface area contributed by atoms with Gasteiger partial charge in [0.25, 0.3) is 0 Å². The summed E-state index contributed by atoms with van der Waals surface area (Å²) >= 11 is 0. The van der Waals surface area contributed by atoms with E-state index in [1.165, 1.54) is 19.1 Å². The highest BCUT2D eigenvalue weighted by atomic mass is 32.2. The van der Waals surface area contributed by atoms with Crippen molar-refractivity contribution < 1.29 is 17.5 Å². The predicted molar refractivity (Wildman–Crippen MR) is 75.3 cm³/mol. The lowest BCUT2D eigenvalue weighted by molar-refractivity contribution is 0.0834. The smallest absolute Gasteiger partial charge is 0.240 e. The van der Waals surface area contributed by atoms with E-state index in [1.54, 1.807) is 0 Å². The van der Waals surface area contributed by atoms with Crippen molar-refractivity contribution in [2.24, 2.45) is 5.73 Å². The zero-order chi connectivity index (χ0) is 15.3. The number of ether oxygens (including phenoxy) is 1. The van der Waals surface area contributed by atoms with Crippen LogP contribution in [0, 0.1) is 12.7 Å². The molecule has 1 rings (SSSR count). The maximum Gasteiger partial charge on any atom is 0.240 e. The first-order chi connectivity index (χ1) is 9.27. The van der Waals surface area contributed by atoms with E-state index in [9.17, 15) is 12.8 Å². The normalized spacial score (nSPS) is 12.1. The Hall–Kier alpha value is -1.02. The molecule has 0 heterocycles. The van der Waals surface area contributed by atoms with Gasteiger partial charge in [0.1, 0.15) is 5.82 Å². The average molecular weight is 304 g/mol. The Labute approximate surface area is 119 Å². The molecule has 0 saturated carbocycles. The Balaban J connectivity index is 2.85. The first-order valence-corrected chi connectivity index (χ1v) is 7.86. The van der Waals surface area contributed by atoms with Crippen molar-refractivity contribution in [1.29, 1.82) is 0 Å². The van der Waals surface area contributed by atoms with Gasteiger partial charge < -0.3 is 10.5 Å². The van der Waals surface area contributed by atoms with E-state index in [0.717, 1.165) is 0 Å². The fourth-order valence-corrected chi connectivity index (χ4v) is 2.81. The number of nitrogens with one attached hydrogen (secondary N) is 1. The molecule has 1 aromatic carbocycles. The lowest BCUT2D eigenvalue weighted by Gasteiger charge is -2.11. The molecule has 0 aliphatic carbocycles. The summed E-state index contributed by atoms with van der Waals surface area (Å²) in [6.07, 6.45) is 0.0383. The van der Waals surface area contributed by atoms with Crippen LogP contribution in [0.2, 0.25) is 0 Å². The van der Waals surface area contributed by atoms with E-state index in [-0.39, 0.29) is 41.8 Å². The quantitative estimate of drug-likeness (QED) is 0.744. The summed E-state index contributed by atoms with van der Waals surface area (Å²) in [7, 11) is -3.68. The van der Waals surface area contributed by atoms with Crippen LogP contribution in [0.15, 0.2) is 17.0 Å². The summed E-state index contributed by atoms with van der Waals surface area (Å²) in [4.78, 5) is 0.0152. The Morgan fingerprint density at radius 2 is 2.05 bits per heavy atom. The molecule has 114 valence electrons. The number of hydrogen-bond donors (Lipinski definition) is 2. The van der Waals surface area contributed by atoms with Gasteiger partial charge in [-0.3, -0.25) is 0 Å². The van der Waals surface area contributed by atoms with Crippen molar-refractivity contribution >= 4 is 10.0 Å². The molecule has 0 aliphatic rings. The number of sulfonamides is 1. The number of rotatable bonds is 7. The fourth-order valence-electron chi connectivity index (χ4n) is 1.66. The second kappa shape index (κ2) is 7.12. The van der Waals surface area contributed by atoms with Gasteiger partial charge >= 0.3 is 0 Å². The van der Waals surface area contributed by atoms with Crippen LogP contribution in [0.25, 0.3) is 0 Å². The molecular weight excluding hydrogens is 283 g/mol. The second-order valence-electron chi connectivity index (χ2n) is 4.73. The first kappa shape index (κ1) is 17.0. The van der Waals surface area contributed by atoms with Gasteiger partial charge in [0.2, 0.25) is 10.0 Å². The molecule has 20 heavy (non-hydrogen) atoms. The summed E-state index contributed by atoms with van der Waals surface area (Å²) in [5, 5.41) is 0. The van der Waals surface area contributed by atoms with Crippen molar-refractivity contribution in [1.82, 2.24) is 4.72 Å².